The number of nitrogens with zero attached hydrogens (tertiary/aromatic N) is 1. The highest BCUT2D eigenvalue weighted by molar-refractivity contribution is 6.02. The molecule has 13 heteroatoms. The van der Waals surface area contributed by atoms with Crippen molar-refractivity contribution in [3.05, 3.63) is 83.4 Å². The fourth-order valence-corrected chi connectivity index (χ4v) is 5.88. The maximum atomic E-state index is 12.8. The molecule has 2 heterocycles. The number of aromatic nitrogens is 1. The Morgan fingerprint density at radius 1 is 0.635 bits per heavy atom. The normalized spacial score (nSPS) is 13.3. The molecule has 13 nitrogen and oxygen atoms in total. The lowest BCUT2D eigenvalue weighted by Gasteiger charge is -2.28. The van der Waals surface area contributed by atoms with Crippen LogP contribution in [0.25, 0.3) is 22.6 Å². The number of aryl methyl sites for hydroxylation is 1. The molecule has 0 radical (unpaired) electrons. The second kappa shape index (κ2) is 15.8. The maximum Gasteiger partial charge on any atom is 0.255 e. The topological polar surface area (TPSA) is 141 Å². The van der Waals surface area contributed by atoms with E-state index in [9.17, 15) is 4.79 Å². The lowest BCUT2D eigenvalue weighted by molar-refractivity contribution is 0.0935. The summed E-state index contributed by atoms with van der Waals surface area (Å²) in [6.45, 7) is 2.63. The van der Waals surface area contributed by atoms with E-state index in [1.165, 1.54) is 0 Å². The molecule has 1 atom stereocenters. The molecule has 5 aromatic rings. The van der Waals surface area contributed by atoms with Crippen LogP contribution in [0.3, 0.4) is 0 Å². The summed E-state index contributed by atoms with van der Waals surface area (Å²) >= 11 is 0. The smallest absolute Gasteiger partial charge is 0.255 e. The van der Waals surface area contributed by atoms with Gasteiger partial charge in [0, 0.05) is 29.3 Å². The molecule has 1 amide bonds. The van der Waals surface area contributed by atoms with Crippen molar-refractivity contribution in [2.24, 2.45) is 0 Å². The van der Waals surface area contributed by atoms with E-state index in [1.54, 1.807) is 73.0 Å². The minimum atomic E-state index is -0.413. The average molecular weight is 712 g/mol. The van der Waals surface area contributed by atoms with E-state index in [0.717, 1.165) is 16.8 Å². The summed E-state index contributed by atoms with van der Waals surface area (Å²) in [6.07, 6.45) is 0.139. The number of amides is 1. The van der Waals surface area contributed by atoms with Crippen LogP contribution >= 0.6 is 0 Å². The van der Waals surface area contributed by atoms with Crippen molar-refractivity contribution in [1.29, 1.82) is 0 Å². The molecule has 1 aliphatic heterocycles. The van der Waals surface area contributed by atoms with Crippen molar-refractivity contribution in [3.63, 3.8) is 0 Å². The highest BCUT2D eigenvalue weighted by Gasteiger charge is 2.26. The molecule has 1 aliphatic rings. The van der Waals surface area contributed by atoms with Crippen LogP contribution in [0, 0.1) is 6.92 Å². The molecule has 0 aliphatic carbocycles. The second-order valence-corrected chi connectivity index (χ2v) is 11.8. The molecule has 272 valence electrons. The first kappa shape index (κ1) is 35.6. The van der Waals surface area contributed by atoms with Gasteiger partial charge in [0.2, 0.25) is 11.5 Å². The van der Waals surface area contributed by atoms with Crippen LogP contribution in [0.2, 0.25) is 0 Å². The predicted octanol–water partition coefficient (Wildman–Crippen LogP) is 7.07. The number of nitrogens with one attached hydrogen (secondary N) is 2. The van der Waals surface area contributed by atoms with E-state index in [4.69, 9.17) is 42.4 Å². The highest BCUT2D eigenvalue weighted by Crippen LogP contribution is 2.44. The minimum absolute atomic E-state index is 0.135. The zero-order chi connectivity index (χ0) is 36.8. The van der Waals surface area contributed by atoms with E-state index in [2.05, 4.69) is 15.8 Å². The summed E-state index contributed by atoms with van der Waals surface area (Å²) in [5.41, 5.74) is 5.20. The number of carbonyl (C=O) groups is 1. The van der Waals surface area contributed by atoms with E-state index < -0.39 is 6.17 Å². The summed E-state index contributed by atoms with van der Waals surface area (Å²) in [4.78, 5) is 12.8. The quantitative estimate of drug-likeness (QED) is 0.107. The monoisotopic (exact) mass is 711 g/mol. The van der Waals surface area contributed by atoms with Crippen LogP contribution in [0.1, 0.15) is 34.1 Å². The van der Waals surface area contributed by atoms with Crippen LogP contribution in [0.5, 0.6) is 46.0 Å². The Bertz CT molecular complexity index is 2010. The lowest BCUT2D eigenvalue weighted by Crippen LogP contribution is -2.38. The molecular weight excluding hydrogens is 670 g/mol. The average Bonchev–Trinajstić information content (AvgIpc) is 3.67. The van der Waals surface area contributed by atoms with Crippen LogP contribution in [0.15, 0.2) is 71.3 Å². The van der Waals surface area contributed by atoms with Gasteiger partial charge in [-0.05, 0) is 61.0 Å². The summed E-state index contributed by atoms with van der Waals surface area (Å²) < 4.78 is 51.3. The van der Waals surface area contributed by atoms with Gasteiger partial charge in [0.05, 0.1) is 61.4 Å². The molecule has 52 heavy (non-hydrogen) atoms. The van der Waals surface area contributed by atoms with Gasteiger partial charge in [0.1, 0.15) is 11.9 Å². The van der Waals surface area contributed by atoms with Crippen molar-refractivity contribution in [2.45, 2.75) is 19.5 Å². The number of fused-ring (bicyclic) bond motifs is 1. The van der Waals surface area contributed by atoms with Crippen LogP contribution in [0.4, 0.5) is 5.69 Å². The number of benzene rings is 4. The predicted molar refractivity (Wildman–Crippen MR) is 194 cm³/mol. The Labute approximate surface area is 301 Å². The van der Waals surface area contributed by atoms with Crippen LogP contribution < -0.4 is 48.5 Å². The first-order valence-corrected chi connectivity index (χ1v) is 16.5. The second-order valence-electron chi connectivity index (χ2n) is 11.8. The molecule has 0 saturated heterocycles. The number of methoxy groups -OCH3 is 6. The van der Waals surface area contributed by atoms with Crippen molar-refractivity contribution in [3.8, 4) is 68.6 Å². The molecule has 0 saturated carbocycles. The van der Waals surface area contributed by atoms with E-state index >= 15 is 0 Å². The molecule has 1 aromatic heterocycles. The zero-order valence-electron chi connectivity index (χ0n) is 30.1. The Morgan fingerprint density at radius 3 is 1.92 bits per heavy atom. The molecule has 1 unspecified atom stereocenters. The maximum absolute atomic E-state index is 12.8. The fourth-order valence-electron chi connectivity index (χ4n) is 5.88. The molecular formula is C39H41N3O10. The van der Waals surface area contributed by atoms with Gasteiger partial charge in [-0.25, -0.2) is 0 Å². The molecule has 2 N–H and O–H groups in total. The van der Waals surface area contributed by atoms with Gasteiger partial charge in [-0.15, -0.1) is 0 Å². The third-order valence-corrected chi connectivity index (χ3v) is 8.52. The van der Waals surface area contributed by atoms with Gasteiger partial charge < -0.3 is 53.1 Å². The van der Waals surface area contributed by atoms with Crippen LogP contribution in [-0.4, -0.2) is 66.9 Å². The molecule has 0 spiro atoms. The zero-order valence-corrected chi connectivity index (χ0v) is 30.1. The Kier molecular flexibility index (Phi) is 10.8. The number of anilines is 1. The highest BCUT2D eigenvalue weighted by atomic mass is 16.5. The lowest BCUT2D eigenvalue weighted by atomic mass is 10.0. The number of hydrogen-bond donors (Lipinski definition) is 2. The van der Waals surface area contributed by atoms with Gasteiger partial charge >= 0.3 is 0 Å². The Morgan fingerprint density at radius 2 is 1.27 bits per heavy atom. The van der Waals surface area contributed by atoms with Gasteiger partial charge in [-0.2, -0.15) is 0 Å². The van der Waals surface area contributed by atoms with Gasteiger partial charge in [0.15, 0.2) is 40.3 Å². The number of ether oxygens (including phenoxy) is 8. The van der Waals surface area contributed by atoms with E-state index in [-0.39, 0.29) is 5.91 Å². The summed E-state index contributed by atoms with van der Waals surface area (Å²) in [6, 6.07) is 20.3. The third kappa shape index (κ3) is 7.29. The third-order valence-electron chi connectivity index (χ3n) is 8.52. The van der Waals surface area contributed by atoms with E-state index in [1.807, 2.05) is 43.3 Å². The fraction of sp³-hybridized carbons (Fsp3) is 0.282. The minimum Gasteiger partial charge on any atom is -0.493 e. The van der Waals surface area contributed by atoms with Gasteiger partial charge in [0.25, 0.3) is 5.91 Å². The Balaban J connectivity index is 1.09. The van der Waals surface area contributed by atoms with Gasteiger partial charge in [-0.3, -0.25) is 4.79 Å². The summed E-state index contributed by atoms with van der Waals surface area (Å²) in [7, 11) is 9.35. The Hall–Kier alpha value is -6.24. The number of carbonyl (C=O) groups excluding carboxylic acids is 1. The van der Waals surface area contributed by atoms with E-state index in [0.29, 0.717) is 93.8 Å². The first-order valence-electron chi connectivity index (χ1n) is 16.5. The summed E-state index contributed by atoms with van der Waals surface area (Å²) in [5.74, 6) is 4.32. The van der Waals surface area contributed by atoms with Crippen molar-refractivity contribution in [2.75, 3.05) is 61.2 Å². The molecule has 4 aromatic carbocycles. The standard InChI is InChI=1S/C39H41N3O10/c1-22-9-11-27-26(15-22)39(43)41-38(40-27)23-10-12-29(31(16-23)44-2)50-13-8-14-51-37-34(47-5)17-24(18-35(37)48-6)28-21-30(52-42-28)25-19-32(45-3)36(49-7)33(20-25)46-4/h9-12,15-21,38,40H,8,13-14H2,1-7H3,(H,41,43). The van der Waals surface area contributed by atoms with Gasteiger partial charge in [-0.1, -0.05) is 22.9 Å². The largest absolute Gasteiger partial charge is 0.493 e. The van der Waals surface area contributed by atoms with Crippen molar-refractivity contribution < 1.29 is 47.2 Å². The molecule has 0 bridgehead atoms. The molecule has 6 rings (SSSR count). The SMILES string of the molecule is COc1cc(C2NC(=O)c3cc(C)ccc3N2)ccc1OCCCOc1c(OC)cc(-c2cc(-c3cc(OC)c(OC)c(OC)c3)on2)cc1OC. The van der Waals surface area contributed by atoms with Crippen LogP contribution in [-0.2, 0) is 0 Å². The number of rotatable bonds is 15. The first-order chi connectivity index (χ1) is 25.3. The van der Waals surface area contributed by atoms with Crippen molar-refractivity contribution >= 4 is 11.6 Å². The molecule has 0 fully saturated rings. The van der Waals surface area contributed by atoms with Crippen molar-refractivity contribution in [1.82, 2.24) is 10.5 Å². The number of hydrogen-bond acceptors (Lipinski definition) is 12. The summed E-state index contributed by atoms with van der Waals surface area (Å²) in [5, 5.41) is 10.7.